The van der Waals surface area contributed by atoms with E-state index in [-0.39, 0.29) is 21.8 Å². The summed E-state index contributed by atoms with van der Waals surface area (Å²) < 4.78 is 0. The van der Waals surface area contributed by atoms with Crippen LogP contribution in [0.1, 0.15) is 112 Å². The van der Waals surface area contributed by atoms with Crippen LogP contribution in [0.2, 0.25) is 0 Å². The number of rotatable bonds is 7. The maximum atomic E-state index is 2.56. The third-order valence-corrected chi connectivity index (χ3v) is 13.1. The van der Waals surface area contributed by atoms with Crippen molar-refractivity contribution in [2.24, 2.45) is 0 Å². The van der Waals surface area contributed by atoms with Gasteiger partial charge >= 0.3 is 0 Å². The van der Waals surface area contributed by atoms with Crippen molar-refractivity contribution in [3.8, 4) is 22.3 Å². The summed E-state index contributed by atoms with van der Waals surface area (Å²) >= 11 is 0. The van der Waals surface area contributed by atoms with Crippen molar-refractivity contribution >= 4 is 11.4 Å². The Morgan fingerprint density at radius 1 is 0.462 bits per heavy atom. The van der Waals surface area contributed by atoms with Crippen LogP contribution in [0.15, 0.2) is 127 Å². The van der Waals surface area contributed by atoms with Crippen LogP contribution < -0.4 is 4.90 Å². The Bertz CT molecular complexity index is 2290. The SMILES string of the molecule is CCC(C)(c1ccc2c(c1)C(C)(C)c1cc(C(C)(C)c3ccc4c(c3)C(C)(C)c3ccccc3-4)ccc1-2)N(c1ccc(C)cc1)c1ccc(C)cc1. The quantitative estimate of drug-likeness (QED) is 0.162. The third-order valence-electron chi connectivity index (χ3n) is 13.1. The van der Waals surface area contributed by atoms with Crippen LogP contribution in [0, 0.1) is 13.8 Å². The molecule has 262 valence electrons. The topological polar surface area (TPSA) is 3.24 Å². The first kappa shape index (κ1) is 34.2. The van der Waals surface area contributed by atoms with E-state index >= 15 is 0 Å². The average Bonchev–Trinajstić information content (AvgIpc) is 3.52. The lowest BCUT2D eigenvalue weighted by atomic mass is 9.73. The maximum absolute atomic E-state index is 2.56. The van der Waals surface area contributed by atoms with Gasteiger partial charge in [-0.25, -0.2) is 0 Å². The number of nitrogens with zero attached hydrogens (tertiary/aromatic N) is 1. The normalized spacial score (nSPS) is 16.0. The van der Waals surface area contributed by atoms with Crippen molar-refractivity contribution < 1.29 is 0 Å². The number of hydrogen-bond acceptors (Lipinski definition) is 1. The molecule has 8 rings (SSSR count). The zero-order valence-corrected chi connectivity index (χ0v) is 32.8. The van der Waals surface area contributed by atoms with E-state index in [4.69, 9.17) is 0 Å². The van der Waals surface area contributed by atoms with Crippen molar-refractivity contribution in [2.45, 2.75) is 97.4 Å². The molecule has 0 radical (unpaired) electrons. The van der Waals surface area contributed by atoms with Gasteiger partial charge in [-0.15, -0.1) is 0 Å². The first-order valence-corrected chi connectivity index (χ1v) is 19.2. The summed E-state index contributed by atoms with van der Waals surface area (Å²) in [6, 6.07) is 48.8. The summed E-state index contributed by atoms with van der Waals surface area (Å²) in [6.45, 7) is 23.5. The molecule has 0 aromatic heterocycles. The molecule has 0 fully saturated rings. The van der Waals surface area contributed by atoms with Gasteiger partial charge in [-0.2, -0.15) is 0 Å². The third kappa shape index (κ3) is 5.03. The molecule has 52 heavy (non-hydrogen) atoms. The van der Waals surface area contributed by atoms with E-state index in [2.05, 4.69) is 202 Å². The van der Waals surface area contributed by atoms with Gasteiger partial charge in [0.2, 0.25) is 0 Å². The molecule has 1 atom stereocenters. The van der Waals surface area contributed by atoms with Crippen LogP contribution in [0.25, 0.3) is 22.3 Å². The zero-order valence-electron chi connectivity index (χ0n) is 32.8. The molecular weight excluding hydrogens is 627 g/mol. The minimum atomic E-state index is -0.265. The monoisotopic (exact) mass is 679 g/mol. The van der Waals surface area contributed by atoms with Gasteiger partial charge in [-0.3, -0.25) is 0 Å². The molecule has 1 nitrogen and oxygen atoms in total. The van der Waals surface area contributed by atoms with Gasteiger partial charge in [-0.05, 0) is 113 Å². The van der Waals surface area contributed by atoms with Gasteiger partial charge in [0, 0.05) is 27.6 Å². The van der Waals surface area contributed by atoms with E-state index in [1.165, 1.54) is 83.7 Å². The Kier molecular flexibility index (Phi) is 7.78. The summed E-state index contributed by atoms with van der Waals surface area (Å²) in [7, 11) is 0. The molecule has 1 heteroatoms. The molecule has 0 heterocycles. The van der Waals surface area contributed by atoms with E-state index in [1.807, 2.05) is 0 Å². The Morgan fingerprint density at radius 2 is 0.846 bits per heavy atom. The molecule has 2 aliphatic carbocycles. The number of anilines is 2. The van der Waals surface area contributed by atoms with Crippen molar-refractivity contribution in [1.29, 1.82) is 0 Å². The van der Waals surface area contributed by atoms with E-state index in [0.717, 1.165) is 6.42 Å². The molecule has 0 saturated carbocycles. The Balaban J connectivity index is 1.18. The predicted molar refractivity (Wildman–Crippen MR) is 222 cm³/mol. The van der Waals surface area contributed by atoms with E-state index in [0.29, 0.717) is 0 Å². The maximum Gasteiger partial charge on any atom is 0.0671 e. The summed E-state index contributed by atoms with van der Waals surface area (Å²) in [5.41, 5.74) is 19.7. The van der Waals surface area contributed by atoms with Gasteiger partial charge in [0.25, 0.3) is 0 Å². The highest BCUT2D eigenvalue weighted by molar-refractivity contribution is 5.83. The molecule has 6 aromatic carbocycles. The second kappa shape index (κ2) is 11.8. The minimum Gasteiger partial charge on any atom is -0.331 e. The first-order valence-electron chi connectivity index (χ1n) is 19.2. The molecule has 2 aliphatic rings. The standard InChI is InChI=1S/C51H53N/c1-11-51(10,52(38-23-16-33(2)17-24-38)39-25-18-34(3)19-26-39)37-22-29-43-42-28-21-36(31-46(42)50(8,9)47(43)32-37)48(4,5)35-20-27-41-40-14-12-13-15-44(40)49(6,7)45(41)30-35/h12-32H,11H2,1-10H3. The highest BCUT2D eigenvalue weighted by Crippen LogP contribution is 2.53. The van der Waals surface area contributed by atoms with Crippen LogP contribution in [0.3, 0.4) is 0 Å². The summed E-state index contributed by atoms with van der Waals surface area (Å²) in [5.74, 6) is 0. The fourth-order valence-electron chi connectivity index (χ4n) is 9.32. The van der Waals surface area contributed by atoms with Crippen LogP contribution in [0.4, 0.5) is 11.4 Å². The van der Waals surface area contributed by atoms with E-state index < -0.39 is 0 Å². The fourth-order valence-corrected chi connectivity index (χ4v) is 9.32. The van der Waals surface area contributed by atoms with Crippen molar-refractivity contribution in [2.75, 3.05) is 4.90 Å². The Morgan fingerprint density at radius 3 is 1.31 bits per heavy atom. The number of benzene rings is 6. The van der Waals surface area contributed by atoms with Crippen LogP contribution in [0.5, 0.6) is 0 Å². The zero-order chi connectivity index (χ0) is 36.8. The van der Waals surface area contributed by atoms with Crippen molar-refractivity contribution in [3.63, 3.8) is 0 Å². The number of aryl methyl sites for hydroxylation is 2. The van der Waals surface area contributed by atoms with Gasteiger partial charge in [0.05, 0.1) is 5.54 Å². The van der Waals surface area contributed by atoms with Crippen LogP contribution in [-0.2, 0) is 21.8 Å². The molecule has 0 saturated heterocycles. The van der Waals surface area contributed by atoms with Gasteiger partial charge in [0.1, 0.15) is 0 Å². The Labute approximate surface area is 312 Å². The van der Waals surface area contributed by atoms with Crippen molar-refractivity contribution in [3.05, 3.63) is 177 Å². The smallest absolute Gasteiger partial charge is 0.0671 e. The molecule has 0 amide bonds. The van der Waals surface area contributed by atoms with Gasteiger partial charge < -0.3 is 4.90 Å². The molecule has 1 unspecified atom stereocenters. The molecule has 0 spiro atoms. The summed E-state index contributed by atoms with van der Waals surface area (Å²) in [6.07, 6.45) is 0.960. The van der Waals surface area contributed by atoms with Crippen molar-refractivity contribution in [1.82, 2.24) is 0 Å². The predicted octanol–water partition coefficient (Wildman–Crippen LogP) is 13.7. The second-order valence-corrected chi connectivity index (χ2v) is 17.3. The molecular formula is C51H53N. The minimum absolute atomic E-state index is 0.0151. The lowest BCUT2D eigenvalue weighted by Gasteiger charge is -2.44. The average molecular weight is 680 g/mol. The highest BCUT2D eigenvalue weighted by atomic mass is 15.2. The van der Waals surface area contributed by atoms with E-state index in [9.17, 15) is 0 Å². The van der Waals surface area contributed by atoms with Crippen LogP contribution >= 0.6 is 0 Å². The second-order valence-electron chi connectivity index (χ2n) is 17.3. The largest absolute Gasteiger partial charge is 0.331 e. The van der Waals surface area contributed by atoms with Crippen LogP contribution in [-0.4, -0.2) is 0 Å². The fraction of sp³-hybridized carbons (Fsp3) is 0.294. The molecule has 0 aliphatic heterocycles. The highest BCUT2D eigenvalue weighted by Gasteiger charge is 2.41. The molecule has 0 N–H and O–H groups in total. The van der Waals surface area contributed by atoms with Gasteiger partial charge in [0.15, 0.2) is 0 Å². The number of hydrogen-bond donors (Lipinski definition) is 0. The van der Waals surface area contributed by atoms with E-state index in [1.54, 1.807) is 0 Å². The Hall–Kier alpha value is -4.88. The number of fused-ring (bicyclic) bond motifs is 6. The molecule has 0 bridgehead atoms. The first-order chi connectivity index (χ1) is 24.7. The summed E-state index contributed by atoms with van der Waals surface area (Å²) in [5, 5.41) is 0. The lowest BCUT2D eigenvalue weighted by Crippen LogP contribution is -2.40. The van der Waals surface area contributed by atoms with Gasteiger partial charge in [-0.1, -0.05) is 163 Å². The lowest BCUT2D eigenvalue weighted by molar-refractivity contribution is 0.462. The molecule has 6 aromatic rings. The summed E-state index contributed by atoms with van der Waals surface area (Å²) in [4.78, 5) is 2.56.